The number of halogens is 2. The Morgan fingerprint density at radius 3 is 2.68 bits per heavy atom. The topological polar surface area (TPSA) is 102 Å². The zero-order valence-corrected chi connectivity index (χ0v) is 25.0. The molecule has 5 atom stereocenters. The van der Waals surface area contributed by atoms with Crippen LogP contribution in [0.15, 0.2) is 0 Å². The molecule has 2 aromatic rings. The number of pyridine rings is 1. The van der Waals surface area contributed by atoms with E-state index in [1.807, 2.05) is 32.6 Å². The number of aromatic nitrogens is 3. The van der Waals surface area contributed by atoms with Crippen molar-refractivity contribution in [1.29, 1.82) is 0 Å². The lowest BCUT2D eigenvalue weighted by atomic mass is 9.98. The average molecular weight is 593 g/mol. The lowest BCUT2D eigenvalue weighted by molar-refractivity contribution is 0.000938. The van der Waals surface area contributed by atoms with Crippen LogP contribution in [0.3, 0.4) is 0 Å². The molecule has 4 aliphatic heterocycles. The molecule has 2 aromatic heterocycles. The summed E-state index contributed by atoms with van der Waals surface area (Å²) in [6.45, 7) is 14.5. The van der Waals surface area contributed by atoms with Gasteiger partial charge in [-0.2, -0.15) is 15.0 Å². The van der Waals surface area contributed by atoms with E-state index in [2.05, 4.69) is 26.7 Å². The number of ether oxygens (including phenoxy) is 4. The minimum absolute atomic E-state index is 0.00982. The lowest BCUT2D eigenvalue weighted by Gasteiger charge is -2.48. The predicted octanol–water partition coefficient (Wildman–Crippen LogP) is 3.90. The second-order valence-electron chi connectivity index (χ2n) is 12.6. The first-order chi connectivity index (χ1) is 19.5. The van der Waals surface area contributed by atoms with Crippen molar-refractivity contribution in [2.75, 3.05) is 50.9 Å². The second kappa shape index (κ2) is 10.9. The van der Waals surface area contributed by atoms with Crippen molar-refractivity contribution in [3.8, 4) is 11.9 Å². The molecule has 3 saturated heterocycles. The average Bonchev–Trinajstić information content (AvgIpc) is 3.16. The summed E-state index contributed by atoms with van der Waals surface area (Å²) < 4.78 is 39.1. The molecule has 0 aliphatic carbocycles. The lowest BCUT2D eigenvalue weighted by Crippen LogP contribution is -2.65. The number of piperazine rings is 1. The van der Waals surface area contributed by atoms with E-state index in [0.717, 1.165) is 45.7 Å². The number of rotatable bonds is 5. The van der Waals surface area contributed by atoms with Gasteiger partial charge in [0.15, 0.2) is 11.0 Å². The van der Waals surface area contributed by atoms with Crippen LogP contribution < -0.4 is 14.4 Å². The smallest absolute Gasteiger partial charge is 0.410 e. The Balaban J connectivity index is 1.33. The first kappa shape index (κ1) is 28.4. The first-order valence-corrected chi connectivity index (χ1v) is 14.8. The molecule has 11 nitrogen and oxygen atoms in total. The maximum atomic E-state index is 15.4. The summed E-state index contributed by atoms with van der Waals surface area (Å²) in [6.07, 6.45) is 0.861. The largest absolute Gasteiger partial charge is 0.472 e. The zero-order chi connectivity index (χ0) is 29.1. The van der Waals surface area contributed by atoms with Gasteiger partial charge in [-0.25, -0.2) is 9.18 Å². The summed E-state index contributed by atoms with van der Waals surface area (Å²) in [5.41, 5.74) is -0.604. The molecule has 6 rings (SSSR count). The maximum absolute atomic E-state index is 15.4. The van der Waals surface area contributed by atoms with E-state index in [4.69, 9.17) is 35.5 Å². The third kappa shape index (κ3) is 5.46. The van der Waals surface area contributed by atoms with E-state index in [9.17, 15) is 4.79 Å². The molecule has 0 unspecified atom stereocenters. The molecular formula is C28H38ClFN6O5. The van der Waals surface area contributed by atoms with Crippen molar-refractivity contribution in [3.05, 3.63) is 11.0 Å². The molecule has 2 bridgehead atoms. The van der Waals surface area contributed by atoms with Gasteiger partial charge in [0.05, 0.1) is 37.9 Å². The molecule has 0 saturated carbocycles. The number of hydrogen-bond acceptors (Lipinski definition) is 10. The Kier molecular flexibility index (Phi) is 7.52. The predicted molar refractivity (Wildman–Crippen MR) is 150 cm³/mol. The molecule has 13 heteroatoms. The van der Waals surface area contributed by atoms with Crippen molar-refractivity contribution >= 4 is 34.4 Å². The zero-order valence-electron chi connectivity index (χ0n) is 24.2. The standard InChI is InChI=1S/C28H38ClFN6O5/c1-15(12-34-8-10-38-11-9-34)14-39-26-31-21-19-24(33-26)35-13-17-6-7-18(36(17)27(37)41-28(3,4)5)22(35)16(2)40-25(19)32-23(29)20(21)30/h15-18,22H,6-14H2,1-5H3/t15-,16-,17+,18-,22+/m0/s1. The van der Waals surface area contributed by atoms with E-state index < -0.39 is 17.5 Å². The monoisotopic (exact) mass is 592 g/mol. The highest BCUT2D eigenvalue weighted by molar-refractivity contribution is 6.30. The quantitative estimate of drug-likeness (QED) is 0.475. The molecule has 6 heterocycles. The van der Waals surface area contributed by atoms with Gasteiger partial charge in [0.2, 0.25) is 5.88 Å². The van der Waals surface area contributed by atoms with Gasteiger partial charge < -0.3 is 23.8 Å². The van der Waals surface area contributed by atoms with Crippen LogP contribution in [-0.2, 0) is 9.47 Å². The molecule has 0 radical (unpaired) electrons. The van der Waals surface area contributed by atoms with Gasteiger partial charge in [0.25, 0.3) is 0 Å². The van der Waals surface area contributed by atoms with Gasteiger partial charge >= 0.3 is 12.1 Å². The number of fused-ring (bicyclic) bond motifs is 5. The number of morpholine rings is 1. The molecule has 0 aromatic carbocycles. The number of hydrogen-bond donors (Lipinski definition) is 0. The van der Waals surface area contributed by atoms with Crippen molar-refractivity contribution < 1.29 is 28.1 Å². The highest BCUT2D eigenvalue weighted by Gasteiger charge is 2.53. The van der Waals surface area contributed by atoms with Gasteiger partial charge in [0, 0.05) is 32.1 Å². The van der Waals surface area contributed by atoms with E-state index in [1.54, 1.807) is 0 Å². The van der Waals surface area contributed by atoms with Crippen molar-refractivity contribution in [2.45, 2.75) is 77.3 Å². The molecule has 4 aliphatic rings. The van der Waals surface area contributed by atoms with Crippen LogP contribution in [0.4, 0.5) is 15.0 Å². The molecule has 224 valence electrons. The van der Waals surface area contributed by atoms with E-state index in [-0.39, 0.29) is 52.7 Å². The van der Waals surface area contributed by atoms with Crippen LogP contribution in [0.2, 0.25) is 5.15 Å². The molecule has 0 spiro atoms. The normalized spacial score (nSPS) is 26.8. The summed E-state index contributed by atoms with van der Waals surface area (Å²) >= 11 is 6.21. The third-order valence-corrected chi connectivity index (χ3v) is 8.46. The SMILES string of the molecule is C[C@H](COc1nc2c3c(nc(Cl)c(F)c3n1)O[C@@H](C)[C@@H]1[C@@H]3CC[C@H](CN21)N3C(=O)OC(C)(C)C)CN1CCOCC1. The Morgan fingerprint density at radius 1 is 1.20 bits per heavy atom. The van der Waals surface area contributed by atoms with Crippen molar-refractivity contribution in [3.63, 3.8) is 0 Å². The fraction of sp³-hybridized carbons (Fsp3) is 0.714. The summed E-state index contributed by atoms with van der Waals surface area (Å²) in [5.74, 6) is 0.108. The van der Waals surface area contributed by atoms with Gasteiger partial charge in [-0.05, 0) is 40.5 Å². The van der Waals surface area contributed by atoms with Gasteiger partial charge in [-0.1, -0.05) is 18.5 Å². The van der Waals surface area contributed by atoms with Crippen LogP contribution in [0.1, 0.15) is 47.5 Å². The summed E-state index contributed by atoms with van der Waals surface area (Å²) in [6, 6.07) is -0.476. The van der Waals surface area contributed by atoms with Gasteiger partial charge in [-0.15, -0.1) is 0 Å². The molecule has 0 N–H and O–H groups in total. The van der Waals surface area contributed by atoms with E-state index in [1.165, 1.54) is 0 Å². The van der Waals surface area contributed by atoms with Crippen LogP contribution in [0.5, 0.6) is 11.9 Å². The number of carbonyl (C=O) groups excluding carboxylic acids is 1. The number of nitrogens with zero attached hydrogens (tertiary/aromatic N) is 6. The summed E-state index contributed by atoms with van der Waals surface area (Å²) in [7, 11) is 0. The first-order valence-electron chi connectivity index (χ1n) is 14.4. The van der Waals surface area contributed by atoms with Crippen molar-refractivity contribution in [1.82, 2.24) is 24.8 Å². The summed E-state index contributed by atoms with van der Waals surface area (Å²) in [5, 5.41) is 0.0350. The van der Waals surface area contributed by atoms with Gasteiger partial charge in [-0.3, -0.25) is 9.80 Å². The van der Waals surface area contributed by atoms with Crippen molar-refractivity contribution in [2.24, 2.45) is 5.92 Å². The Morgan fingerprint density at radius 2 is 1.95 bits per heavy atom. The maximum Gasteiger partial charge on any atom is 0.410 e. The molecular weight excluding hydrogens is 555 g/mol. The minimum atomic E-state index is -0.745. The van der Waals surface area contributed by atoms with E-state index in [0.29, 0.717) is 24.4 Å². The molecule has 3 fully saturated rings. The highest BCUT2D eigenvalue weighted by Crippen LogP contribution is 2.46. The minimum Gasteiger partial charge on any atom is -0.472 e. The number of amides is 1. The van der Waals surface area contributed by atoms with E-state index >= 15 is 4.39 Å². The van der Waals surface area contributed by atoms with Crippen LogP contribution in [0, 0.1) is 11.7 Å². The number of carbonyl (C=O) groups is 1. The van der Waals surface area contributed by atoms with Gasteiger partial charge in [0.1, 0.15) is 28.4 Å². The third-order valence-electron chi connectivity index (χ3n) is 8.21. The fourth-order valence-electron chi connectivity index (χ4n) is 6.55. The fourth-order valence-corrected chi connectivity index (χ4v) is 6.72. The molecule has 1 amide bonds. The number of anilines is 1. The second-order valence-corrected chi connectivity index (χ2v) is 12.9. The molecule has 41 heavy (non-hydrogen) atoms. The Labute approximate surface area is 244 Å². The van der Waals surface area contributed by atoms with Crippen LogP contribution in [0.25, 0.3) is 10.9 Å². The summed E-state index contributed by atoms with van der Waals surface area (Å²) in [4.78, 5) is 33.1. The van der Waals surface area contributed by atoms with Crippen LogP contribution >= 0.6 is 11.6 Å². The Hall–Kier alpha value is -2.70. The Bertz CT molecular complexity index is 1320. The van der Waals surface area contributed by atoms with Crippen LogP contribution in [-0.4, -0.2) is 107 Å². The highest BCUT2D eigenvalue weighted by atomic mass is 35.5.